The van der Waals surface area contributed by atoms with Crippen LogP contribution in [0, 0.1) is 6.92 Å². The summed E-state index contributed by atoms with van der Waals surface area (Å²) in [5, 5.41) is 3.53. The number of halogens is 1. The Hall–Kier alpha value is -2.76. The summed E-state index contributed by atoms with van der Waals surface area (Å²) in [6, 6.07) is 21.3. The van der Waals surface area contributed by atoms with E-state index in [1.807, 2.05) is 73.7 Å². The summed E-state index contributed by atoms with van der Waals surface area (Å²) >= 11 is 7.86. The highest BCUT2D eigenvalue weighted by Gasteiger charge is 2.27. The second-order valence-corrected chi connectivity index (χ2v) is 8.62. The number of anilines is 1. The van der Waals surface area contributed by atoms with Crippen molar-refractivity contribution in [3.05, 3.63) is 82.9 Å². The van der Waals surface area contributed by atoms with Crippen molar-refractivity contribution in [3.63, 3.8) is 0 Å². The number of aliphatic imine (C=N–C) groups is 1. The maximum Gasteiger partial charge on any atom is 0.225 e. The zero-order valence-corrected chi connectivity index (χ0v) is 18.3. The highest BCUT2D eigenvalue weighted by atomic mass is 35.5. The Bertz CT molecular complexity index is 1110. The molecule has 3 aromatic rings. The minimum Gasteiger partial charge on any atom is -0.497 e. The van der Waals surface area contributed by atoms with Crippen molar-refractivity contribution < 1.29 is 9.53 Å². The molecule has 1 amide bonds. The minimum atomic E-state index is -0.104. The first-order valence-corrected chi connectivity index (χ1v) is 10.8. The third kappa shape index (κ3) is 4.37. The number of nitrogens with zero attached hydrogens (tertiary/aromatic N) is 1. The molecule has 0 fully saturated rings. The van der Waals surface area contributed by atoms with Gasteiger partial charge in [-0.2, -0.15) is 0 Å². The average Bonchev–Trinajstić information content (AvgIpc) is 2.76. The van der Waals surface area contributed by atoms with Crippen LogP contribution in [0.5, 0.6) is 5.75 Å². The normalized spacial score (nSPS) is 15.2. The molecule has 1 heterocycles. The van der Waals surface area contributed by atoms with Crippen LogP contribution in [0.25, 0.3) is 0 Å². The summed E-state index contributed by atoms with van der Waals surface area (Å²) < 4.78 is 5.27. The highest BCUT2D eigenvalue weighted by Crippen LogP contribution is 2.40. The molecule has 0 unspecified atom stereocenters. The minimum absolute atomic E-state index is 0.0709. The van der Waals surface area contributed by atoms with Gasteiger partial charge in [0, 0.05) is 22.0 Å². The smallest absolute Gasteiger partial charge is 0.225 e. The van der Waals surface area contributed by atoms with Crippen LogP contribution in [0.4, 0.5) is 11.4 Å². The van der Waals surface area contributed by atoms with Crippen molar-refractivity contribution in [2.45, 2.75) is 23.5 Å². The Morgan fingerprint density at radius 2 is 1.87 bits per heavy atom. The number of hydrogen-bond acceptors (Lipinski definition) is 4. The number of ether oxygens (including phenoxy) is 1. The van der Waals surface area contributed by atoms with Crippen molar-refractivity contribution in [2.75, 3.05) is 12.4 Å². The van der Waals surface area contributed by atoms with Crippen LogP contribution in [0.15, 0.2) is 76.6 Å². The molecule has 6 heteroatoms. The number of para-hydroxylation sites is 1. The predicted molar refractivity (Wildman–Crippen MR) is 125 cm³/mol. The zero-order valence-electron chi connectivity index (χ0n) is 16.7. The first-order valence-electron chi connectivity index (χ1n) is 9.59. The molecule has 30 heavy (non-hydrogen) atoms. The molecule has 0 saturated heterocycles. The molecule has 0 spiro atoms. The molecular weight excluding hydrogens is 416 g/mol. The summed E-state index contributed by atoms with van der Waals surface area (Å²) in [4.78, 5) is 18.9. The first kappa shape index (κ1) is 20.5. The van der Waals surface area contributed by atoms with Gasteiger partial charge in [-0.1, -0.05) is 29.8 Å². The SMILES string of the molecule is COc1ccc(C2=Nc3ccccc3S[C@@H]2CC(=O)Nc2cccc(Cl)c2C)cc1. The fraction of sp³-hybridized carbons (Fsp3) is 0.167. The lowest BCUT2D eigenvalue weighted by Gasteiger charge is -2.24. The van der Waals surface area contributed by atoms with Gasteiger partial charge in [0.25, 0.3) is 0 Å². The van der Waals surface area contributed by atoms with Gasteiger partial charge in [-0.25, -0.2) is 0 Å². The summed E-state index contributed by atoms with van der Waals surface area (Å²) in [5.41, 5.74) is 4.39. The molecule has 1 atom stereocenters. The van der Waals surface area contributed by atoms with Gasteiger partial charge in [0.05, 0.1) is 23.8 Å². The van der Waals surface area contributed by atoms with Crippen LogP contribution in [-0.4, -0.2) is 24.0 Å². The Labute approximate surface area is 185 Å². The van der Waals surface area contributed by atoms with Crippen LogP contribution in [-0.2, 0) is 4.79 Å². The van der Waals surface area contributed by atoms with Crippen molar-refractivity contribution in [1.82, 2.24) is 0 Å². The van der Waals surface area contributed by atoms with Crippen LogP contribution in [0.3, 0.4) is 0 Å². The Morgan fingerprint density at radius 3 is 2.63 bits per heavy atom. The number of nitrogens with one attached hydrogen (secondary N) is 1. The van der Waals surface area contributed by atoms with Crippen LogP contribution >= 0.6 is 23.4 Å². The summed E-state index contributed by atoms with van der Waals surface area (Å²) in [6.07, 6.45) is 0.301. The molecule has 1 N–H and O–H groups in total. The van der Waals surface area contributed by atoms with E-state index in [4.69, 9.17) is 21.3 Å². The van der Waals surface area contributed by atoms with Crippen molar-refractivity contribution in [1.29, 1.82) is 0 Å². The zero-order chi connectivity index (χ0) is 21.1. The highest BCUT2D eigenvalue weighted by molar-refractivity contribution is 8.01. The number of amides is 1. The molecule has 0 radical (unpaired) electrons. The maximum atomic E-state index is 12.9. The van der Waals surface area contributed by atoms with Gasteiger partial charge in [-0.05, 0) is 66.6 Å². The molecule has 4 rings (SSSR count). The number of hydrogen-bond donors (Lipinski definition) is 1. The number of fused-ring (bicyclic) bond motifs is 1. The fourth-order valence-electron chi connectivity index (χ4n) is 3.32. The lowest BCUT2D eigenvalue weighted by molar-refractivity contribution is -0.116. The van der Waals surface area contributed by atoms with E-state index in [2.05, 4.69) is 5.32 Å². The van der Waals surface area contributed by atoms with Gasteiger partial charge in [0.2, 0.25) is 5.91 Å². The Kier molecular flexibility index (Phi) is 6.11. The van der Waals surface area contributed by atoms with E-state index in [1.54, 1.807) is 18.9 Å². The van der Waals surface area contributed by atoms with Gasteiger partial charge in [0.15, 0.2) is 0 Å². The largest absolute Gasteiger partial charge is 0.497 e. The van der Waals surface area contributed by atoms with Crippen LogP contribution < -0.4 is 10.1 Å². The molecule has 152 valence electrons. The van der Waals surface area contributed by atoms with E-state index in [0.29, 0.717) is 11.4 Å². The molecule has 3 aromatic carbocycles. The standard InChI is InChI=1S/C24H21ClN2O2S/c1-15-18(25)6-5-8-19(15)26-23(28)14-22-24(16-10-12-17(29-2)13-11-16)27-20-7-3-4-9-21(20)30-22/h3-13,22H,14H2,1-2H3,(H,26,28)/t22-/m1/s1. The summed E-state index contributed by atoms with van der Waals surface area (Å²) in [7, 11) is 1.64. The van der Waals surface area contributed by atoms with Gasteiger partial charge in [-0.15, -0.1) is 11.8 Å². The molecule has 4 nitrogen and oxygen atoms in total. The number of benzene rings is 3. The quantitative estimate of drug-likeness (QED) is 0.512. The van der Waals surface area contributed by atoms with Crippen molar-refractivity contribution in [3.8, 4) is 5.75 Å². The van der Waals surface area contributed by atoms with Crippen LogP contribution in [0.2, 0.25) is 5.02 Å². The molecule has 0 bridgehead atoms. The third-order valence-corrected chi connectivity index (χ3v) is 6.66. The summed E-state index contributed by atoms with van der Waals surface area (Å²) in [6.45, 7) is 1.90. The van der Waals surface area contributed by atoms with Crippen LogP contribution in [0.1, 0.15) is 17.5 Å². The fourth-order valence-corrected chi connectivity index (χ4v) is 4.73. The van der Waals surface area contributed by atoms with E-state index in [-0.39, 0.29) is 11.2 Å². The van der Waals surface area contributed by atoms with E-state index in [9.17, 15) is 4.79 Å². The Morgan fingerprint density at radius 1 is 1.10 bits per heavy atom. The Balaban J connectivity index is 1.61. The lowest BCUT2D eigenvalue weighted by Crippen LogP contribution is -2.27. The molecule has 0 aromatic heterocycles. The topological polar surface area (TPSA) is 50.7 Å². The predicted octanol–water partition coefficient (Wildman–Crippen LogP) is 6.28. The number of thioether (sulfide) groups is 1. The van der Waals surface area contributed by atoms with Crippen molar-refractivity contribution in [2.24, 2.45) is 4.99 Å². The van der Waals surface area contributed by atoms with Gasteiger partial charge < -0.3 is 10.1 Å². The van der Waals surface area contributed by atoms with E-state index < -0.39 is 0 Å². The van der Waals surface area contributed by atoms with Gasteiger partial charge in [-0.3, -0.25) is 9.79 Å². The number of carbonyl (C=O) groups excluding carboxylic acids is 1. The van der Waals surface area contributed by atoms with Gasteiger partial charge >= 0.3 is 0 Å². The molecule has 0 aliphatic carbocycles. The van der Waals surface area contributed by atoms with E-state index in [1.165, 1.54) is 0 Å². The van der Waals surface area contributed by atoms with Gasteiger partial charge in [0.1, 0.15) is 5.75 Å². The van der Waals surface area contributed by atoms with Crippen molar-refractivity contribution >= 4 is 46.4 Å². The molecule has 1 aliphatic rings. The molecular formula is C24H21ClN2O2S. The average molecular weight is 437 g/mol. The second kappa shape index (κ2) is 8.94. The monoisotopic (exact) mass is 436 g/mol. The second-order valence-electron chi connectivity index (χ2n) is 6.96. The van der Waals surface area contributed by atoms with E-state index in [0.717, 1.165) is 38.9 Å². The lowest BCUT2D eigenvalue weighted by atomic mass is 10.0. The number of rotatable bonds is 5. The third-order valence-electron chi connectivity index (χ3n) is 4.98. The first-order chi connectivity index (χ1) is 14.5. The summed E-state index contributed by atoms with van der Waals surface area (Å²) in [5.74, 6) is 0.715. The molecule has 1 aliphatic heterocycles. The molecule has 0 saturated carbocycles. The number of methoxy groups -OCH3 is 1. The van der Waals surface area contributed by atoms with E-state index >= 15 is 0 Å². The maximum absolute atomic E-state index is 12.9. The number of carbonyl (C=O) groups is 1.